The Balaban J connectivity index is 2.14. The average molecular weight is 324 g/mol. The Morgan fingerprint density at radius 2 is 1.56 bits per heavy atom. The largest absolute Gasteiger partial charge is 0.485 e. The van der Waals surface area contributed by atoms with E-state index >= 15 is 0 Å². The van der Waals surface area contributed by atoms with Crippen LogP contribution in [0.3, 0.4) is 0 Å². The first-order chi connectivity index (χ1) is 7.77. The van der Waals surface area contributed by atoms with E-state index < -0.39 is 0 Å². The van der Waals surface area contributed by atoms with E-state index in [0.717, 1.165) is 9.32 Å². The normalized spacial score (nSPS) is 12.1. The molecule has 2 aromatic rings. The molecule has 0 spiro atoms. The minimum atomic E-state index is 0.0807. The van der Waals surface area contributed by atoms with Crippen molar-refractivity contribution >= 4 is 22.6 Å². The van der Waals surface area contributed by atoms with Gasteiger partial charge < -0.3 is 4.74 Å². The number of hydrogen-bond donors (Lipinski definition) is 0. The van der Waals surface area contributed by atoms with Crippen LogP contribution in [0.5, 0.6) is 5.75 Å². The minimum Gasteiger partial charge on any atom is -0.485 e. The monoisotopic (exact) mass is 324 g/mol. The number of benzene rings is 2. The summed E-state index contributed by atoms with van der Waals surface area (Å²) in [6.07, 6.45) is 0.0807. The van der Waals surface area contributed by atoms with Crippen LogP contribution in [-0.2, 0) is 0 Å². The number of hydrogen-bond acceptors (Lipinski definition) is 1. The van der Waals surface area contributed by atoms with E-state index in [2.05, 4.69) is 41.6 Å². The Morgan fingerprint density at radius 3 is 2.25 bits per heavy atom. The molecule has 0 radical (unpaired) electrons. The molecule has 0 aromatic heterocycles. The highest BCUT2D eigenvalue weighted by atomic mass is 127. The molecule has 0 heterocycles. The van der Waals surface area contributed by atoms with Crippen molar-refractivity contribution in [2.24, 2.45) is 0 Å². The molecule has 0 bridgehead atoms. The molecule has 0 amide bonds. The molecule has 0 aliphatic carbocycles. The van der Waals surface area contributed by atoms with Crippen LogP contribution >= 0.6 is 22.6 Å². The third-order valence-electron chi connectivity index (χ3n) is 2.41. The van der Waals surface area contributed by atoms with Crippen molar-refractivity contribution in [2.75, 3.05) is 0 Å². The Hall–Kier alpha value is -1.03. The quantitative estimate of drug-likeness (QED) is 0.759. The van der Waals surface area contributed by atoms with Gasteiger partial charge in [0.15, 0.2) is 0 Å². The van der Waals surface area contributed by atoms with Crippen LogP contribution in [0.2, 0.25) is 0 Å². The summed E-state index contributed by atoms with van der Waals surface area (Å²) in [6.45, 7) is 2.07. The molecule has 2 rings (SSSR count). The fourth-order valence-electron chi connectivity index (χ4n) is 1.52. The smallest absolute Gasteiger partial charge is 0.133 e. The van der Waals surface area contributed by atoms with E-state index in [0.29, 0.717) is 0 Å². The number of rotatable bonds is 3. The molecule has 16 heavy (non-hydrogen) atoms. The summed E-state index contributed by atoms with van der Waals surface area (Å²) in [4.78, 5) is 0. The summed E-state index contributed by atoms with van der Waals surface area (Å²) in [7, 11) is 0. The van der Waals surface area contributed by atoms with Crippen LogP contribution in [-0.4, -0.2) is 0 Å². The first kappa shape index (κ1) is 11.5. The highest BCUT2D eigenvalue weighted by Crippen LogP contribution is 2.25. The molecule has 2 heteroatoms. The van der Waals surface area contributed by atoms with Crippen molar-refractivity contribution in [1.82, 2.24) is 0 Å². The fraction of sp³-hybridized carbons (Fsp3) is 0.143. The highest BCUT2D eigenvalue weighted by Gasteiger charge is 2.07. The summed E-state index contributed by atoms with van der Waals surface area (Å²) in [5, 5.41) is 0. The van der Waals surface area contributed by atoms with E-state index in [4.69, 9.17) is 4.74 Å². The van der Waals surface area contributed by atoms with Gasteiger partial charge in [-0.05, 0) is 47.2 Å². The zero-order chi connectivity index (χ0) is 11.4. The van der Waals surface area contributed by atoms with Gasteiger partial charge in [-0.25, -0.2) is 0 Å². The van der Waals surface area contributed by atoms with Crippen molar-refractivity contribution in [3.8, 4) is 5.75 Å². The van der Waals surface area contributed by atoms with Gasteiger partial charge >= 0.3 is 0 Å². The Labute approximate surface area is 110 Å². The van der Waals surface area contributed by atoms with Crippen LogP contribution in [0.25, 0.3) is 0 Å². The van der Waals surface area contributed by atoms with Gasteiger partial charge in [0, 0.05) is 0 Å². The predicted octanol–water partition coefficient (Wildman–Crippen LogP) is 4.43. The number of halogens is 1. The maximum atomic E-state index is 5.92. The first-order valence-electron chi connectivity index (χ1n) is 5.23. The van der Waals surface area contributed by atoms with Crippen LogP contribution in [0.15, 0.2) is 54.6 Å². The van der Waals surface area contributed by atoms with Crippen LogP contribution in [0.1, 0.15) is 18.6 Å². The Kier molecular flexibility index (Phi) is 3.83. The van der Waals surface area contributed by atoms with Gasteiger partial charge in [0.25, 0.3) is 0 Å². The lowest BCUT2D eigenvalue weighted by molar-refractivity contribution is 0.225. The minimum absolute atomic E-state index is 0.0807. The van der Waals surface area contributed by atoms with Crippen LogP contribution < -0.4 is 4.74 Å². The second-order valence-electron chi connectivity index (χ2n) is 3.60. The zero-order valence-corrected chi connectivity index (χ0v) is 11.2. The fourth-order valence-corrected chi connectivity index (χ4v) is 2.04. The maximum absolute atomic E-state index is 5.92. The first-order valence-corrected chi connectivity index (χ1v) is 6.31. The van der Waals surface area contributed by atoms with Crippen molar-refractivity contribution in [1.29, 1.82) is 0 Å². The maximum Gasteiger partial charge on any atom is 0.133 e. The second-order valence-corrected chi connectivity index (χ2v) is 4.76. The van der Waals surface area contributed by atoms with Gasteiger partial charge in [-0.3, -0.25) is 0 Å². The summed E-state index contributed by atoms with van der Waals surface area (Å²) in [5.41, 5.74) is 1.20. The molecule has 1 atom stereocenters. The van der Waals surface area contributed by atoms with Gasteiger partial charge in [0.1, 0.15) is 11.9 Å². The molecule has 0 unspecified atom stereocenters. The van der Waals surface area contributed by atoms with Crippen LogP contribution in [0, 0.1) is 3.57 Å². The topological polar surface area (TPSA) is 9.23 Å². The van der Waals surface area contributed by atoms with Crippen molar-refractivity contribution < 1.29 is 4.74 Å². The number of para-hydroxylation sites is 1. The molecule has 0 aliphatic rings. The Morgan fingerprint density at radius 1 is 0.938 bits per heavy atom. The van der Waals surface area contributed by atoms with Crippen molar-refractivity contribution in [3.05, 3.63) is 63.7 Å². The van der Waals surface area contributed by atoms with E-state index in [1.165, 1.54) is 5.56 Å². The summed E-state index contributed by atoms with van der Waals surface area (Å²) in [6, 6.07) is 18.3. The molecular formula is C14H13IO. The van der Waals surface area contributed by atoms with E-state index in [1.807, 2.05) is 42.5 Å². The lowest BCUT2D eigenvalue weighted by Crippen LogP contribution is -2.03. The van der Waals surface area contributed by atoms with Crippen molar-refractivity contribution in [2.45, 2.75) is 13.0 Å². The summed E-state index contributed by atoms with van der Waals surface area (Å²) in [5.74, 6) is 0.944. The molecule has 0 saturated carbocycles. The second kappa shape index (κ2) is 5.34. The van der Waals surface area contributed by atoms with Crippen molar-refractivity contribution in [3.63, 3.8) is 0 Å². The molecule has 0 saturated heterocycles. The van der Waals surface area contributed by atoms with E-state index in [9.17, 15) is 0 Å². The van der Waals surface area contributed by atoms with Gasteiger partial charge in [-0.1, -0.05) is 42.5 Å². The van der Waals surface area contributed by atoms with Crippen LogP contribution in [0.4, 0.5) is 0 Å². The lowest BCUT2D eigenvalue weighted by atomic mass is 10.1. The molecule has 0 aliphatic heterocycles. The zero-order valence-electron chi connectivity index (χ0n) is 9.06. The molecule has 2 aromatic carbocycles. The van der Waals surface area contributed by atoms with Gasteiger partial charge in [-0.2, -0.15) is 0 Å². The molecule has 0 N–H and O–H groups in total. The van der Waals surface area contributed by atoms with E-state index in [1.54, 1.807) is 0 Å². The highest BCUT2D eigenvalue weighted by molar-refractivity contribution is 14.1. The summed E-state index contributed by atoms with van der Waals surface area (Å²) >= 11 is 2.29. The third kappa shape index (κ3) is 2.76. The third-order valence-corrected chi connectivity index (χ3v) is 3.30. The molecule has 82 valence electrons. The molecule has 0 fully saturated rings. The van der Waals surface area contributed by atoms with Gasteiger partial charge in [0.05, 0.1) is 3.57 Å². The number of ether oxygens (including phenoxy) is 1. The van der Waals surface area contributed by atoms with E-state index in [-0.39, 0.29) is 6.10 Å². The van der Waals surface area contributed by atoms with Gasteiger partial charge in [0.2, 0.25) is 0 Å². The standard InChI is InChI=1S/C14H13IO/c1-11(12-7-3-2-4-8-12)16-14-10-6-5-9-13(14)15/h2-11H,1H3/t11-/m1/s1. The molecular weight excluding hydrogens is 311 g/mol. The lowest BCUT2D eigenvalue weighted by Gasteiger charge is -2.15. The Bertz CT molecular complexity index is 453. The summed E-state index contributed by atoms with van der Waals surface area (Å²) < 4.78 is 7.07. The predicted molar refractivity (Wildman–Crippen MR) is 74.6 cm³/mol. The average Bonchev–Trinajstić information content (AvgIpc) is 2.33. The van der Waals surface area contributed by atoms with Gasteiger partial charge in [-0.15, -0.1) is 0 Å². The SMILES string of the molecule is C[C@@H](Oc1ccccc1I)c1ccccc1. The molecule has 1 nitrogen and oxygen atoms in total.